The van der Waals surface area contributed by atoms with E-state index in [0.717, 1.165) is 0 Å². The second-order valence-electron chi connectivity index (χ2n) is 3.76. The standard InChI is InChI=1S/C13H12N2O2/c14-10-5-9(6-11(15)7-10)13(17)8-1-3-12(16)4-2-8/h1-7,16H,14-15H2. The Morgan fingerprint density at radius 2 is 1.41 bits per heavy atom. The van der Waals surface area contributed by atoms with Gasteiger partial charge in [0.05, 0.1) is 0 Å². The van der Waals surface area contributed by atoms with Crippen molar-refractivity contribution in [1.82, 2.24) is 0 Å². The lowest BCUT2D eigenvalue weighted by atomic mass is 10.0. The highest BCUT2D eigenvalue weighted by Crippen LogP contribution is 2.18. The van der Waals surface area contributed by atoms with Gasteiger partial charge in [0, 0.05) is 22.5 Å². The minimum absolute atomic E-state index is 0.119. The predicted octanol–water partition coefficient (Wildman–Crippen LogP) is 1.79. The zero-order chi connectivity index (χ0) is 12.4. The summed E-state index contributed by atoms with van der Waals surface area (Å²) < 4.78 is 0. The summed E-state index contributed by atoms with van der Waals surface area (Å²) >= 11 is 0. The van der Waals surface area contributed by atoms with Crippen molar-refractivity contribution in [1.29, 1.82) is 0 Å². The summed E-state index contributed by atoms with van der Waals surface area (Å²) in [5, 5.41) is 9.15. The number of phenols is 1. The summed E-state index contributed by atoms with van der Waals surface area (Å²) in [4.78, 5) is 12.1. The second-order valence-corrected chi connectivity index (χ2v) is 3.76. The quantitative estimate of drug-likeness (QED) is 0.540. The van der Waals surface area contributed by atoms with E-state index in [4.69, 9.17) is 16.6 Å². The van der Waals surface area contributed by atoms with Crippen LogP contribution in [0.4, 0.5) is 11.4 Å². The zero-order valence-corrected chi connectivity index (χ0v) is 9.05. The molecule has 0 amide bonds. The van der Waals surface area contributed by atoms with Crippen molar-refractivity contribution in [3.8, 4) is 5.75 Å². The minimum atomic E-state index is -0.177. The number of hydrogen-bond donors (Lipinski definition) is 3. The van der Waals surface area contributed by atoms with E-state index < -0.39 is 0 Å². The van der Waals surface area contributed by atoms with E-state index in [1.54, 1.807) is 30.3 Å². The Hall–Kier alpha value is -2.49. The number of ketones is 1. The molecule has 2 rings (SSSR count). The number of benzene rings is 2. The molecule has 4 heteroatoms. The zero-order valence-electron chi connectivity index (χ0n) is 9.05. The van der Waals surface area contributed by atoms with Gasteiger partial charge in [-0.15, -0.1) is 0 Å². The number of phenolic OH excluding ortho intramolecular Hbond substituents is 1. The molecule has 86 valence electrons. The first kappa shape index (κ1) is 11.0. The van der Waals surface area contributed by atoms with Gasteiger partial charge in [0.2, 0.25) is 0 Å². The number of rotatable bonds is 2. The Labute approximate surface area is 98.5 Å². The molecule has 17 heavy (non-hydrogen) atoms. The first-order chi connectivity index (χ1) is 8.06. The van der Waals surface area contributed by atoms with Crippen LogP contribution < -0.4 is 11.5 Å². The first-order valence-electron chi connectivity index (χ1n) is 5.06. The lowest BCUT2D eigenvalue weighted by Crippen LogP contribution is -2.03. The van der Waals surface area contributed by atoms with E-state index in [2.05, 4.69) is 0 Å². The molecule has 0 saturated carbocycles. The number of anilines is 2. The number of nitrogens with two attached hydrogens (primary N) is 2. The molecular weight excluding hydrogens is 216 g/mol. The van der Waals surface area contributed by atoms with Crippen LogP contribution in [0.3, 0.4) is 0 Å². The van der Waals surface area contributed by atoms with Crippen molar-refractivity contribution in [3.05, 3.63) is 53.6 Å². The van der Waals surface area contributed by atoms with Crippen LogP contribution in [0, 0.1) is 0 Å². The van der Waals surface area contributed by atoms with E-state index in [0.29, 0.717) is 22.5 Å². The molecule has 4 nitrogen and oxygen atoms in total. The minimum Gasteiger partial charge on any atom is -0.508 e. The molecule has 0 aliphatic rings. The number of aromatic hydroxyl groups is 1. The molecule has 0 radical (unpaired) electrons. The maximum Gasteiger partial charge on any atom is 0.193 e. The van der Waals surface area contributed by atoms with Crippen molar-refractivity contribution >= 4 is 17.2 Å². The van der Waals surface area contributed by atoms with Crippen molar-refractivity contribution in [2.24, 2.45) is 0 Å². The third-order valence-electron chi connectivity index (χ3n) is 2.37. The summed E-state index contributed by atoms with van der Waals surface area (Å²) in [5.74, 6) is -0.0577. The van der Waals surface area contributed by atoms with E-state index in [1.165, 1.54) is 12.1 Å². The van der Waals surface area contributed by atoms with Gasteiger partial charge < -0.3 is 16.6 Å². The van der Waals surface area contributed by atoms with Crippen LogP contribution in [0.15, 0.2) is 42.5 Å². The van der Waals surface area contributed by atoms with Gasteiger partial charge in [-0.3, -0.25) is 4.79 Å². The maximum atomic E-state index is 12.1. The molecule has 0 unspecified atom stereocenters. The van der Waals surface area contributed by atoms with Crippen molar-refractivity contribution in [2.75, 3.05) is 11.5 Å². The summed E-state index contributed by atoms with van der Waals surface area (Å²) in [6.07, 6.45) is 0. The van der Waals surface area contributed by atoms with Gasteiger partial charge in [-0.25, -0.2) is 0 Å². The van der Waals surface area contributed by atoms with Crippen LogP contribution >= 0.6 is 0 Å². The van der Waals surface area contributed by atoms with Gasteiger partial charge in [-0.05, 0) is 42.5 Å². The molecule has 2 aromatic carbocycles. The Bertz CT molecular complexity index is 542. The third kappa shape index (κ3) is 2.36. The van der Waals surface area contributed by atoms with Gasteiger partial charge in [0.15, 0.2) is 5.78 Å². The fourth-order valence-corrected chi connectivity index (χ4v) is 1.59. The summed E-state index contributed by atoms with van der Waals surface area (Å²) in [6.45, 7) is 0. The fourth-order valence-electron chi connectivity index (χ4n) is 1.59. The molecule has 5 N–H and O–H groups in total. The van der Waals surface area contributed by atoms with Crippen LogP contribution in [0.25, 0.3) is 0 Å². The molecule has 0 aliphatic heterocycles. The number of hydrogen-bond acceptors (Lipinski definition) is 4. The van der Waals surface area contributed by atoms with Gasteiger partial charge in [0.1, 0.15) is 5.75 Å². The molecular formula is C13H12N2O2. The lowest BCUT2D eigenvalue weighted by Gasteiger charge is -2.04. The molecule has 0 heterocycles. The molecule has 0 saturated heterocycles. The largest absolute Gasteiger partial charge is 0.508 e. The molecule has 2 aromatic rings. The van der Waals surface area contributed by atoms with Gasteiger partial charge in [-0.2, -0.15) is 0 Å². The van der Waals surface area contributed by atoms with Crippen LogP contribution in [-0.2, 0) is 0 Å². The summed E-state index contributed by atoms with van der Waals surface area (Å²) in [6, 6.07) is 10.8. The van der Waals surface area contributed by atoms with E-state index in [9.17, 15) is 4.79 Å². The second kappa shape index (κ2) is 4.17. The molecule has 0 bridgehead atoms. The predicted molar refractivity (Wildman–Crippen MR) is 66.8 cm³/mol. The molecule has 0 spiro atoms. The number of nitrogen functional groups attached to an aromatic ring is 2. The number of carbonyl (C=O) groups is 1. The Morgan fingerprint density at radius 1 is 0.882 bits per heavy atom. The molecule has 0 atom stereocenters. The highest BCUT2D eigenvalue weighted by molar-refractivity contribution is 6.09. The highest BCUT2D eigenvalue weighted by atomic mass is 16.3. The summed E-state index contributed by atoms with van der Waals surface area (Å²) in [5.41, 5.74) is 13.1. The van der Waals surface area contributed by atoms with Crippen LogP contribution in [0.1, 0.15) is 15.9 Å². The average Bonchev–Trinajstić information content (AvgIpc) is 2.28. The normalized spacial score (nSPS) is 10.1. The molecule has 0 aliphatic carbocycles. The monoisotopic (exact) mass is 228 g/mol. The van der Waals surface area contributed by atoms with Crippen LogP contribution in [-0.4, -0.2) is 10.9 Å². The van der Waals surface area contributed by atoms with Crippen LogP contribution in [0.2, 0.25) is 0 Å². The van der Waals surface area contributed by atoms with Gasteiger partial charge >= 0.3 is 0 Å². The lowest BCUT2D eigenvalue weighted by molar-refractivity contribution is 0.103. The first-order valence-corrected chi connectivity index (χ1v) is 5.06. The van der Waals surface area contributed by atoms with Gasteiger partial charge in [-0.1, -0.05) is 0 Å². The Kier molecular flexibility index (Phi) is 2.70. The van der Waals surface area contributed by atoms with Crippen molar-refractivity contribution in [3.63, 3.8) is 0 Å². The Balaban J connectivity index is 2.40. The van der Waals surface area contributed by atoms with Crippen molar-refractivity contribution < 1.29 is 9.90 Å². The smallest absolute Gasteiger partial charge is 0.193 e. The highest BCUT2D eigenvalue weighted by Gasteiger charge is 2.10. The van der Waals surface area contributed by atoms with E-state index in [-0.39, 0.29) is 11.5 Å². The number of carbonyl (C=O) groups excluding carboxylic acids is 1. The van der Waals surface area contributed by atoms with Crippen LogP contribution in [0.5, 0.6) is 5.75 Å². The SMILES string of the molecule is Nc1cc(N)cc(C(=O)c2ccc(O)cc2)c1. The topological polar surface area (TPSA) is 89.3 Å². The fraction of sp³-hybridized carbons (Fsp3) is 0. The van der Waals surface area contributed by atoms with Crippen molar-refractivity contribution in [2.45, 2.75) is 0 Å². The Morgan fingerprint density at radius 3 is 1.94 bits per heavy atom. The van der Waals surface area contributed by atoms with E-state index >= 15 is 0 Å². The molecule has 0 aromatic heterocycles. The molecule has 0 fully saturated rings. The van der Waals surface area contributed by atoms with Gasteiger partial charge in [0.25, 0.3) is 0 Å². The third-order valence-corrected chi connectivity index (χ3v) is 2.37. The average molecular weight is 228 g/mol. The summed E-state index contributed by atoms with van der Waals surface area (Å²) in [7, 11) is 0. The van der Waals surface area contributed by atoms with E-state index in [1.807, 2.05) is 0 Å². The maximum absolute atomic E-state index is 12.1.